The first-order valence-corrected chi connectivity index (χ1v) is 10.7. The Labute approximate surface area is 125 Å². The van der Waals surface area contributed by atoms with Crippen molar-refractivity contribution in [2.75, 3.05) is 7.11 Å². The Hall–Kier alpha value is -0.353. The Balaban J connectivity index is 2.65. The van der Waals surface area contributed by atoms with Crippen LogP contribution in [0.3, 0.4) is 0 Å². The molecule has 1 aliphatic carbocycles. The van der Waals surface area contributed by atoms with Gasteiger partial charge in [-0.2, -0.15) is 0 Å². The van der Waals surface area contributed by atoms with Crippen LogP contribution >= 0.6 is 0 Å². The molecular weight excluding hydrogens is 268 g/mol. The topological polar surface area (TPSA) is 35.5 Å². The number of carbonyl (C=O) groups excluding carboxylic acids is 1. The minimum atomic E-state index is -1.70. The van der Waals surface area contributed by atoms with Crippen molar-refractivity contribution in [2.24, 2.45) is 5.41 Å². The number of methoxy groups -OCH3 is 1. The number of rotatable bonds is 4. The summed E-state index contributed by atoms with van der Waals surface area (Å²) in [6.07, 6.45) is 4.95. The van der Waals surface area contributed by atoms with E-state index in [1.54, 1.807) is 0 Å². The quantitative estimate of drug-likeness (QED) is 0.565. The van der Waals surface area contributed by atoms with Gasteiger partial charge in [0, 0.05) is 6.10 Å². The zero-order chi connectivity index (χ0) is 15.6. The molecule has 0 N–H and O–H groups in total. The Morgan fingerprint density at radius 2 is 1.75 bits per heavy atom. The molecule has 1 rings (SSSR count). The zero-order valence-electron chi connectivity index (χ0n) is 14.3. The van der Waals surface area contributed by atoms with Gasteiger partial charge in [-0.05, 0) is 50.2 Å². The highest BCUT2D eigenvalue weighted by molar-refractivity contribution is 6.74. The monoisotopic (exact) mass is 300 g/mol. The van der Waals surface area contributed by atoms with Crippen LogP contribution in [0.15, 0.2) is 0 Å². The van der Waals surface area contributed by atoms with E-state index < -0.39 is 8.32 Å². The largest absolute Gasteiger partial charge is 0.469 e. The lowest BCUT2D eigenvalue weighted by molar-refractivity contribution is -0.156. The standard InChI is InChI=1S/C16H32O3Si/c1-8-16(14(17)18-5)11-9-13(10-12-16)19-20(6,7)15(2,3)4/h13H,8-12H2,1-7H3/t13-,16+. The van der Waals surface area contributed by atoms with Crippen LogP contribution in [0, 0.1) is 5.41 Å². The molecule has 0 saturated heterocycles. The first kappa shape index (κ1) is 17.7. The van der Waals surface area contributed by atoms with E-state index in [1.165, 1.54) is 7.11 Å². The van der Waals surface area contributed by atoms with Crippen LogP contribution < -0.4 is 0 Å². The third-order valence-electron chi connectivity index (χ3n) is 5.45. The first-order chi connectivity index (χ1) is 9.08. The van der Waals surface area contributed by atoms with Gasteiger partial charge in [0.2, 0.25) is 0 Å². The van der Waals surface area contributed by atoms with Crippen molar-refractivity contribution in [3.63, 3.8) is 0 Å². The van der Waals surface area contributed by atoms with Crippen molar-refractivity contribution < 1.29 is 14.0 Å². The van der Waals surface area contributed by atoms with Crippen molar-refractivity contribution in [2.45, 2.75) is 84.0 Å². The number of esters is 1. The Kier molecular flexibility index (Phi) is 5.47. The van der Waals surface area contributed by atoms with E-state index in [-0.39, 0.29) is 16.4 Å². The number of carbonyl (C=O) groups is 1. The SMILES string of the molecule is CC[C@]1(C(=O)OC)CC[C@@H](O[Si](C)(C)C(C)(C)C)CC1. The third kappa shape index (κ3) is 3.64. The van der Waals surface area contributed by atoms with Gasteiger partial charge in [-0.1, -0.05) is 27.7 Å². The summed E-state index contributed by atoms with van der Waals surface area (Å²) in [4.78, 5) is 12.0. The Bertz CT molecular complexity index is 336. The smallest absolute Gasteiger partial charge is 0.311 e. The molecule has 0 atom stereocenters. The fraction of sp³-hybridized carbons (Fsp3) is 0.938. The lowest BCUT2D eigenvalue weighted by Gasteiger charge is -2.43. The number of hydrogen-bond donors (Lipinski definition) is 0. The van der Waals surface area contributed by atoms with Gasteiger partial charge in [-0.15, -0.1) is 0 Å². The van der Waals surface area contributed by atoms with Crippen LogP contribution in [-0.2, 0) is 14.0 Å². The second-order valence-electron chi connectivity index (χ2n) is 7.70. The molecule has 118 valence electrons. The molecule has 0 aromatic rings. The van der Waals surface area contributed by atoms with Crippen molar-refractivity contribution >= 4 is 14.3 Å². The van der Waals surface area contributed by atoms with Gasteiger partial charge in [0.1, 0.15) is 0 Å². The highest BCUT2D eigenvalue weighted by atomic mass is 28.4. The second-order valence-corrected chi connectivity index (χ2v) is 12.5. The molecule has 20 heavy (non-hydrogen) atoms. The number of hydrogen-bond acceptors (Lipinski definition) is 3. The molecule has 4 heteroatoms. The molecule has 0 spiro atoms. The van der Waals surface area contributed by atoms with E-state index in [0.717, 1.165) is 32.1 Å². The molecule has 1 saturated carbocycles. The molecule has 0 bridgehead atoms. The van der Waals surface area contributed by atoms with Crippen LogP contribution in [0.1, 0.15) is 59.8 Å². The minimum Gasteiger partial charge on any atom is -0.469 e. The van der Waals surface area contributed by atoms with E-state index in [0.29, 0.717) is 6.10 Å². The molecule has 0 aromatic carbocycles. The summed E-state index contributed by atoms with van der Waals surface area (Å²) in [6.45, 7) is 13.5. The van der Waals surface area contributed by atoms with Gasteiger partial charge < -0.3 is 9.16 Å². The molecule has 0 heterocycles. The van der Waals surface area contributed by atoms with E-state index in [4.69, 9.17) is 9.16 Å². The normalized spacial score (nSPS) is 28.2. The van der Waals surface area contributed by atoms with Crippen molar-refractivity contribution in [3.8, 4) is 0 Å². The average molecular weight is 301 g/mol. The van der Waals surface area contributed by atoms with E-state index >= 15 is 0 Å². The maximum atomic E-state index is 12.0. The van der Waals surface area contributed by atoms with E-state index in [9.17, 15) is 4.79 Å². The maximum absolute atomic E-state index is 12.0. The van der Waals surface area contributed by atoms with Gasteiger partial charge in [0.25, 0.3) is 0 Å². The Morgan fingerprint density at radius 3 is 2.10 bits per heavy atom. The molecule has 0 amide bonds. The van der Waals surface area contributed by atoms with Gasteiger partial charge in [-0.25, -0.2) is 0 Å². The highest BCUT2D eigenvalue weighted by Gasteiger charge is 2.44. The van der Waals surface area contributed by atoms with E-state index in [2.05, 4.69) is 40.8 Å². The fourth-order valence-corrected chi connectivity index (χ4v) is 4.20. The molecule has 0 aromatic heterocycles. The summed E-state index contributed by atoms with van der Waals surface area (Å²) < 4.78 is 11.5. The third-order valence-corrected chi connectivity index (χ3v) is 9.99. The van der Waals surface area contributed by atoms with Crippen LogP contribution in [0.2, 0.25) is 18.1 Å². The van der Waals surface area contributed by atoms with Crippen molar-refractivity contribution in [1.82, 2.24) is 0 Å². The molecule has 0 aliphatic heterocycles. The van der Waals surface area contributed by atoms with Gasteiger partial charge in [-0.3, -0.25) is 4.79 Å². The van der Waals surface area contributed by atoms with E-state index in [1.807, 2.05) is 0 Å². The predicted molar refractivity (Wildman–Crippen MR) is 85.3 cm³/mol. The number of ether oxygens (including phenoxy) is 1. The summed E-state index contributed by atoms with van der Waals surface area (Å²) in [6, 6.07) is 0. The first-order valence-electron chi connectivity index (χ1n) is 7.84. The highest BCUT2D eigenvalue weighted by Crippen LogP contribution is 2.44. The van der Waals surface area contributed by atoms with Gasteiger partial charge in [0.05, 0.1) is 12.5 Å². The summed E-state index contributed by atoms with van der Waals surface area (Å²) >= 11 is 0. The summed E-state index contributed by atoms with van der Waals surface area (Å²) in [5.41, 5.74) is -0.262. The summed E-state index contributed by atoms with van der Waals surface area (Å²) in [5.74, 6) is -0.0363. The van der Waals surface area contributed by atoms with Gasteiger partial charge in [0.15, 0.2) is 8.32 Å². The van der Waals surface area contributed by atoms with Crippen molar-refractivity contribution in [3.05, 3.63) is 0 Å². The second kappa shape index (κ2) is 6.18. The predicted octanol–water partition coefficient (Wildman–Crippen LogP) is 4.52. The molecule has 0 radical (unpaired) electrons. The maximum Gasteiger partial charge on any atom is 0.311 e. The lowest BCUT2D eigenvalue weighted by atomic mass is 9.71. The minimum absolute atomic E-state index is 0.0363. The molecule has 3 nitrogen and oxygen atoms in total. The van der Waals surface area contributed by atoms with Crippen LogP contribution in [-0.4, -0.2) is 27.5 Å². The Morgan fingerprint density at radius 1 is 1.25 bits per heavy atom. The molecular formula is C16H32O3Si. The summed E-state index contributed by atoms with van der Waals surface area (Å²) in [5, 5.41) is 0.245. The molecule has 1 aliphatic rings. The van der Waals surface area contributed by atoms with Crippen LogP contribution in [0.4, 0.5) is 0 Å². The van der Waals surface area contributed by atoms with Crippen LogP contribution in [0.5, 0.6) is 0 Å². The molecule has 1 fully saturated rings. The molecule has 0 unspecified atom stereocenters. The zero-order valence-corrected chi connectivity index (χ0v) is 15.3. The fourth-order valence-electron chi connectivity index (χ4n) is 2.77. The van der Waals surface area contributed by atoms with Gasteiger partial charge >= 0.3 is 5.97 Å². The summed E-state index contributed by atoms with van der Waals surface area (Å²) in [7, 11) is -0.203. The average Bonchev–Trinajstić information content (AvgIpc) is 2.37. The van der Waals surface area contributed by atoms with Crippen molar-refractivity contribution in [1.29, 1.82) is 0 Å². The lowest BCUT2D eigenvalue weighted by Crippen LogP contribution is -2.46. The van der Waals surface area contributed by atoms with Crippen LogP contribution in [0.25, 0.3) is 0 Å².